The average molecular weight is 430 g/mol. The zero-order valence-electron chi connectivity index (χ0n) is 17.5. The maximum atomic E-state index is 13.4. The van der Waals surface area contributed by atoms with Gasteiger partial charge in [-0.3, -0.25) is 14.2 Å². The number of fused-ring (bicyclic) bond motifs is 1. The van der Waals surface area contributed by atoms with E-state index in [2.05, 4.69) is 5.32 Å². The van der Waals surface area contributed by atoms with Crippen LogP contribution in [-0.2, 0) is 11.3 Å². The van der Waals surface area contributed by atoms with E-state index in [1.807, 2.05) is 80.6 Å². The molecule has 1 N–H and O–H groups in total. The summed E-state index contributed by atoms with van der Waals surface area (Å²) in [5.41, 5.74) is 4.34. The quantitative estimate of drug-likeness (QED) is 0.364. The number of para-hydroxylation sites is 1. The van der Waals surface area contributed by atoms with Crippen molar-refractivity contribution in [2.24, 2.45) is 0 Å². The SMILES string of the molecule is Cc1ccc(C)c(-n2c(SCC(=O)NCc3ccccc3)nc3ccccc3c2=O)c1. The van der Waals surface area contributed by atoms with Gasteiger partial charge in [0.05, 0.1) is 22.3 Å². The second-order valence-corrected chi connectivity index (χ2v) is 8.34. The number of hydrogen-bond acceptors (Lipinski definition) is 4. The Hall–Kier alpha value is -3.38. The number of carbonyl (C=O) groups is 1. The van der Waals surface area contributed by atoms with Crippen LogP contribution < -0.4 is 10.9 Å². The van der Waals surface area contributed by atoms with Crippen LogP contribution in [-0.4, -0.2) is 21.2 Å². The Labute approximate surface area is 185 Å². The van der Waals surface area contributed by atoms with Crippen molar-refractivity contribution in [3.05, 3.63) is 99.8 Å². The van der Waals surface area contributed by atoms with Crippen molar-refractivity contribution in [3.8, 4) is 5.69 Å². The predicted octanol–water partition coefficient (Wildman–Crippen LogP) is 4.41. The van der Waals surface area contributed by atoms with E-state index in [0.717, 1.165) is 22.4 Å². The van der Waals surface area contributed by atoms with Gasteiger partial charge in [-0.25, -0.2) is 4.98 Å². The molecular formula is C25H23N3O2S. The van der Waals surface area contributed by atoms with Gasteiger partial charge < -0.3 is 5.32 Å². The number of thioether (sulfide) groups is 1. The molecule has 0 bridgehead atoms. The normalized spacial score (nSPS) is 10.9. The fraction of sp³-hybridized carbons (Fsp3) is 0.160. The van der Waals surface area contributed by atoms with Gasteiger partial charge in [0, 0.05) is 6.54 Å². The summed E-state index contributed by atoms with van der Waals surface area (Å²) in [5.74, 6) is 0.0615. The Morgan fingerprint density at radius 1 is 1.00 bits per heavy atom. The van der Waals surface area contributed by atoms with Crippen molar-refractivity contribution < 1.29 is 4.79 Å². The summed E-state index contributed by atoms with van der Waals surface area (Å²) in [7, 11) is 0. The molecular weight excluding hydrogens is 406 g/mol. The Kier molecular flexibility index (Phi) is 6.18. The van der Waals surface area contributed by atoms with Crippen molar-refractivity contribution in [1.29, 1.82) is 0 Å². The standard InChI is InChI=1S/C25H23N3O2S/c1-17-12-13-18(2)22(14-17)28-24(30)20-10-6-7-11-21(20)27-25(28)31-16-23(29)26-15-19-8-4-3-5-9-19/h3-14H,15-16H2,1-2H3,(H,26,29). The summed E-state index contributed by atoms with van der Waals surface area (Å²) in [6.07, 6.45) is 0. The fourth-order valence-electron chi connectivity index (χ4n) is 3.36. The molecule has 1 aromatic heterocycles. The molecule has 1 heterocycles. The molecule has 0 aliphatic heterocycles. The van der Waals surface area contributed by atoms with E-state index in [1.54, 1.807) is 10.6 Å². The van der Waals surface area contributed by atoms with Gasteiger partial charge in [0.15, 0.2) is 5.16 Å². The van der Waals surface area contributed by atoms with Gasteiger partial charge >= 0.3 is 0 Å². The van der Waals surface area contributed by atoms with Gasteiger partial charge in [0.2, 0.25) is 5.91 Å². The smallest absolute Gasteiger partial charge is 0.266 e. The van der Waals surface area contributed by atoms with Crippen molar-refractivity contribution in [2.45, 2.75) is 25.5 Å². The first-order chi connectivity index (χ1) is 15.0. The number of nitrogens with zero attached hydrogens (tertiary/aromatic N) is 2. The Morgan fingerprint density at radius 3 is 2.55 bits per heavy atom. The fourth-order valence-corrected chi connectivity index (χ4v) is 4.20. The van der Waals surface area contributed by atoms with Crippen LogP contribution in [0.15, 0.2) is 82.7 Å². The molecule has 0 spiro atoms. The minimum absolute atomic E-state index is 0.108. The number of carbonyl (C=O) groups excluding carboxylic acids is 1. The highest BCUT2D eigenvalue weighted by molar-refractivity contribution is 7.99. The summed E-state index contributed by atoms with van der Waals surface area (Å²) < 4.78 is 1.62. The number of rotatable bonds is 6. The van der Waals surface area contributed by atoms with Gasteiger partial charge in [-0.2, -0.15) is 0 Å². The zero-order valence-corrected chi connectivity index (χ0v) is 18.3. The highest BCUT2D eigenvalue weighted by Gasteiger charge is 2.16. The van der Waals surface area contributed by atoms with Gasteiger partial charge in [-0.1, -0.05) is 66.4 Å². The number of benzene rings is 3. The average Bonchev–Trinajstić information content (AvgIpc) is 2.79. The lowest BCUT2D eigenvalue weighted by atomic mass is 10.1. The molecule has 0 aliphatic rings. The molecule has 1 amide bonds. The van der Waals surface area contributed by atoms with Gasteiger partial charge in [0.25, 0.3) is 5.56 Å². The molecule has 3 aromatic carbocycles. The lowest BCUT2D eigenvalue weighted by Crippen LogP contribution is -2.26. The maximum Gasteiger partial charge on any atom is 0.266 e. The topological polar surface area (TPSA) is 64.0 Å². The number of amides is 1. The molecule has 5 nitrogen and oxygen atoms in total. The molecule has 0 aliphatic carbocycles. The van der Waals surface area contributed by atoms with E-state index in [1.165, 1.54) is 11.8 Å². The summed E-state index contributed by atoms with van der Waals surface area (Å²) in [6.45, 7) is 4.43. The molecule has 31 heavy (non-hydrogen) atoms. The van der Waals surface area contributed by atoms with Crippen LogP contribution in [0.3, 0.4) is 0 Å². The van der Waals surface area contributed by atoms with Gasteiger partial charge in [-0.15, -0.1) is 0 Å². The molecule has 4 aromatic rings. The summed E-state index contributed by atoms with van der Waals surface area (Å²) >= 11 is 1.27. The van der Waals surface area contributed by atoms with E-state index in [0.29, 0.717) is 22.6 Å². The molecule has 6 heteroatoms. The number of aromatic nitrogens is 2. The first-order valence-corrected chi connectivity index (χ1v) is 11.0. The monoisotopic (exact) mass is 429 g/mol. The number of hydrogen-bond donors (Lipinski definition) is 1. The minimum Gasteiger partial charge on any atom is -0.351 e. The van der Waals surface area contributed by atoms with Crippen molar-refractivity contribution in [3.63, 3.8) is 0 Å². The van der Waals surface area contributed by atoms with E-state index in [4.69, 9.17) is 4.98 Å². The molecule has 0 saturated carbocycles. The van der Waals surface area contributed by atoms with Crippen LogP contribution in [0.25, 0.3) is 16.6 Å². The zero-order chi connectivity index (χ0) is 21.8. The molecule has 156 valence electrons. The van der Waals surface area contributed by atoms with Crippen LogP contribution in [0.5, 0.6) is 0 Å². The van der Waals surface area contributed by atoms with Crippen LogP contribution >= 0.6 is 11.8 Å². The lowest BCUT2D eigenvalue weighted by molar-refractivity contribution is -0.118. The number of aryl methyl sites for hydroxylation is 2. The Morgan fingerprint density at radius 2 is 1.74 bits per heavy atom. The van der Waals surface area contributed by atoms with Crippen molar-refractivity contribution in [2.75, 3.05) is 5.75 Å². The van der Waals surface area contributed by atoms with Gasteiger partial charge in [-0.05, 0) is 48.7 Å². The predicted molar refractivity (Wildman–Crippen MR) is 126 cm³/mol. The number of nitrogens with one attached hydrogen (secondary N) is 1. The molecule has 4 rings (SSSR count). The second-order valence-electron chi connectivity index (χ2n) is 7.39. The molecule has 0 saturated heterocycles. The van der Waals surface area contributed by atoms with Gasteiger partial charge in [0.1, 0.15) is 0 Å². The van der Waals surface area contributed by atoms with Crippen molar-refractivity contribution in [1.82, 2.24) is 14.9 Å². The van der Waals surface area contributed by atoms with E-state index >= 15 is 0 Å². The van der Waals surface area contributed by atoms with Crippen molar-refractivity contribution >= 4 is 28.6 Å². The highest BCUT2D eigenvalue weighted by Crippen LogP contribution is 2.24. The minimum atomic E-state index is -0.133. The maximum absolute atomic E-state index is 13.4. The molecule has 0 radical (unpaired) electrons. The first kappa shape index (κ1) is 20.9. The summed E-state index contributed by atoms with van der Waals surface area (Å²) in [5, 5.41) is 3.99. The summed E-state index contributed by atoms with van der Waals surface area (Å²) in [4.78, 5) is 30.6. The van der Waals surface area contributed by atoms with E-state index in [9.17, 15) is 9.59 Å². The second kappa shape index (κ2) is 9.18. The highest BCUT2D eigenvalue weighted by atomic mass is 32.2. The summed E-state index contributed by atoms with van der Waals surface area (Å²) in [6, 6.07) is 23.1. The third-order valence-electron chi connectivity index (χ3n) is 5.02. The van der Waals surface area contributed by atoms with Crippen LogP contribution in [0.4, 0.5) is 0 Å². The first-order valence-electron chi connectivity index (χ1n) is 10.1. The third-order valence-corrected chi connectivity index (χ3v) is 5.95. The Balaban J connectivity index is 1.65. The van der Waals surface area contributed by atoms with E-state index < -0.39 is 0 Å². The Bertz CT molecular complexity index is 1300. The lowest BCUT2D eigenvalue weighted by Gasteiger charge is -2.15. The van der Waals surface area contributed by atoms with Crippen LogP contribution in [0.1, 0.15) is 16.7 Å². The van der Waals surface area contributed by atoms with Crippen LogP contribution in [0.2, 0.25) is 0 Å². The molecule has 0 fully saturated rings. The third kappa shape index (κ3) is 4.70. The molecule has 0 unspecified atom stereocenters. The van der Waals surface area contributed by atoms with E-state index in [-0.39, 0.29) is 17.2 Å². The molecule has 0 atom stereocenters. The van der Waals surface area contributed by atoms with Crippen LogP contribution in [0, 0.1) is 13.8 Å². The largest absolute Gasteiger partial charge is 0.351 e.